The minimum atomic E-state index is -1.46. The number of aryl methyl sites for hydroxylation is 1. The zero-order valence-electron chi connectivity index (χ0n) is 17.9. The van der Waals surface area contributed by atoms with Crippen LogP contribution in [0.25, 0.3) is 10.8 Å². The van der Waals surface area contributed by atoms with E-state index < -0.39 is 11.6 Å². The number of nitrogens with zero attached hydrogens (tertiary/aromatic N) is 3. The minimum Gasteiger partial charge on any atom is -0.456 e. The highest BCUT2D eigenvalue weighted by molar-refractivity contribution is 7.13. The summed E-state index contributed by atoms with van der Waals surface area (Å²) in [6.45, 7) is 1.67. The van der Waals surface area contributed by atoms with Gasteiger partial charge < -0.3 is 14.1 Å². The molecule has 0 radical (unpaired) electrons. The van der Waals surface area contributed by atoms with E-state index in [2.05, 4.69) is 4.98 Å². The van der Waals surface area contributed by atoms with Gasteiger partial charge in [-0.3, -0.25) is 14.5 Å². The zero-order chi connectivity index (χ0) is 22.7. The van der Waals surface area contributed by atoms with Crippen LogP contribution in [0.15, 0.2) is 46.2 Å². The van der Waals surface area contributed by atoms with Crippen molar-refractivity contribution in [2.75, 3.05) is 4.90 Å². The van der Waals surface area contributed by atoms with Gasteiger partial charge in [0, 0.05) is 18.9 Å². The highest BCUT2D eigenvalue weighted by Crippen LogP contribution is 2.49. The minimum absolute atomic E-state index is 0.0778. The normalized spacial score (nSPS) is 21.8. The number of anilines is 1. The molecule has 2 aliphatic heterocycles. The molecule has 0 N–H and O–H groups in total. The van der Waals surface area contributed by atoms with Crippen molar-refractivity contribution in [1.29, 1.82) is 0 Å². The Morgan fingerprint density at radius 1 is 1.24 bits per heavy atom. The van der Waals surface area contributed by atoms with Crippen LogP contribution in [0.4, 0.5) is 5.69 Å². The van der Waals surface area contributed by atoms with Crippen LogP contribution in [0, 0.1) is 6.92 Å². The number of para-hydroxylation sites is 1. The topological polar surface area (TPSA) is 93.0 Å². The van der Waals surface area contributed by atoms with Crippen LogP contribution >= 0.6 is 11.3 Å². The maximum absolute atomic E-state index is 13.7. The fourth-order valence-corrected chi connectivity index (χ4v) is 5.48. The molecule has 0 bridgehead atoms. The summed E-state index contributed by atoms with van der Waals surface area (Å²) >= 11 is 1.51. The fourth-order valence-electron chi connectivity index (χ4n) is 4.83. The SMILES string of the molecule is Cc1oc(-c2cccs2)nc1COC(=O)C12CCC(=O)N1c1ccccc1C(=O)N2C1CC1. The van der Waals surface area contributed by atoms with E-state index in [1.54, 1.807) is 36.1 Å². The summed E-state index contributed by atoms with van der Waals surface area (Å²) in [5, 5.41) is 1.93. The van der Waals surface area contributed by atoms with Crippen molar-refractivity contribution in [1.82, 2.24) is 9.88 Å². The quantitative estimate of drug-likeness (QED) is 0.533. The summed E-state index contributed by atoms with van der Waals surface area (Å²) in [5.41, 5.74) is -0.0373. The molecule has 2 aromatic heterocycles. The van der Waals surface area contributed by atoms with Crippen LogP contribution < -0.4 is 4.90 Å². The number of amides is 2. The lowest BCUT2D eigenvalue weighted by molar-refractivity contribution is -0.159. The first kappa shape index (κ1) is 20.2. The molecule has 0 spiro atoms. The predicted octanol–water partition coefficient (Wildman–Crippen LogP) is 3.90. The number of benzene rings is 1. The van der Waals surface area contributed by atoms with Gasteiger partial charge in [0.05, 0.1) is 16.1 Å². The van der Waals surface area contributed by atoms with E-state index in [0.717, 1.165) is 17.7 Å². The summed E-state index contributed by atoms with van der Waals surface area (Å²) in [7, 11) is 0. The third-order valence-electron chi connectivity index (χ3n) is 6.50. The van der Waals surface area contributed by atoms with Gasteiger partial charge in [-0.15, -0.1) is 11.3 Å². The molecule has 1 saturated carbocycles. The average Bonchev–Trinajstić information content (AvgIpc) is 3.19. The van der Waals surface area contributed by atoms with E-state index in [-0.39, 0.29) is 37.3 Å². The molecule has 1 aromatic carbocycles. The number of fused-ring (bicyclic) bond motifs is 3. The molecular weight excluding hydrogens is 442 g/mol. The first-order chi connectivity index (χ1) is 16.0. The summed E-state index contributed by atoms with van der Waals surface area (Å²) in [4.78, 5) is 48.6. The number of hydrogen-bond acceptors (Lipinski definition) is 7. The number of thiophene rings is 1. The number of carbonyl (C=O) groups is 3. The summed E-state index contributed by atoms with van der Waals surface area (Å²) in [5.74, 6) is 0.0184. The van der Waals surface area contributed by atoms with Crippen molar-refractivity contribution >= 4 is 34.8 Å². The third-order valence-corrected chi connectivity index (χ3v) is 7.36. The molecule has 8 nitrogen and oxygen atoms in total. The number of esters is 1. The van der Waals surface area contributed by atoms with Crippen molar-refractivity contribution in [3.63, 3.8) is 0 Å². The number of ether oxygens (including phenoxy) is 1. The van der Waals surface area contributed by atoms with Crippen LogP contribution in [0.2, 0.25) is 0 Å². The van der Waals surface area contributed by atoms with Crippen molar-refractivity contribution in [2.45, 2.75) is 50.9 Å². The summed E-state index contributed by atoms with van der Waals surface area (Å²) in [6, 6.07) is 10.7. The predicted molar refractivity (Wildman–Crippen MR) is 119 cm³/mol. The standard InChI is InChI=1S/C24H21N3O5S/c1-14-17(25-21(32-14)19-7-4-12-33-19)13-31-23(30)24-11-10-20(28)27(24)18-6-3-2-5-16(18)22(29)26(24)15-8-9-15/h2-7,12,15H,8-11,13H2,1H3. The second-order valence-electron chi connectivity index (χ2n) is 8.54. The Hall–Kier alpha value is -3.46. The smallest absolute Gasteiger partial charge is 0.354 e. The van der Waals surface area contributed by atoms with Crippen molar-refractivity contribution in [2.24, 2.45) is 0 Å². The second kappa shape index (κ2) is 7.28. The lowest BCUT2D eigenvalue weighted by Gasteiger charge is -2.48. The number of aromatic nitrogens is 1. The number of hydrogen-bond donors (Lipinski definition) is 0. The van der Waals surface area contributed by atoms with Gasteiger partial charge in [-0.05, 0) is 43.3 Å². The second-order valence-corrected chi connectivity index (χ2v) is 9.49. The Bertz CT molecular complexity index is 1280. The molecule has 3 aliphatic rings. The number of oxazole rings is 1. The molecule has 6 rings (SSSR count). The van der Waals surface area contributed by atoms with E-state index in [1.165, 1.54) is 16.2 Å². The van der Waals surface area contributed by atoms with Gasteiger partial charge in [-0.25, -0.2) is 9.78 Å². The largest absolute Gasteiger partial charge is 0.456 e. The molecule has 1 atom stereocenters. The zero-order valence-corrected chi connectivity index (χ0v) is 18.8. The van der Waals surface area contributed by atoms with Crippen LogP contribution in [0.3, 0.4) is 0 Å². The van der Waals surface area contributed by atoms with Crippen LogP contribution in [0.1, 0.15) is 47.5 Å². The molecule has 9 heteroatoms. The molecule has 33 heavy (non-hydrogen) atoms. The molecule has 1 unspecified atom stereocenters. The molecule has 1 aliphatic carbocycles. The first-order valence-corrected chi connectivity index (χ1v) is 11.8. The molecule has 2 fully saturated rings. The van der Waals surface area contributed by atoms with Gasteiger partial charge in [-0.2, -0.15) is 0 Å². The maximum atomic E-state index is 13.7. The Balaban J connectivity index is 1.35. The van der Waals surface area contributed by atoms with Crippen LogP contribution in [0.5, 0.6) is 0 Å². The van der Waals surface area contributed by atoms with Gasteiger partial charge in [-0.1, -0.05) is 18.2 Å². The first-order valence-electron chi connectivity index (χ1n) is 10.9. The van der Waals surface area contributed by atoms with E-state index in [1.807, 2.05) is 17.5 Å². The fraction of sp³-hybridized carbons (Fsp3) is 0.333. The van der Waals surface area contributed by atoms with Gasteiger partial charge in [0.15, 0.2) is 0 Å². The number of rotatable bonds is 5. The third kappa shape index (κ3) is 2.95. The Morgan fingerprint density at radius 3 is 2.82 bits per heavy atom. The highest BCUT2D eigenvalue weighted by atomic mass is 32.1. The molecule has 1 saturated heterocycles. The lowest BCUT2D eigenvalue weighted by Crippen LogP contribution is -2.69. The Labute approximate surface area is 193 Å². The molecular formula is C24H21N3O5S. The van der Waals surface area contributed by atoms with E-state index >= 15 is 0 Å². The van der Waals surface area contributed by atoms with Crippen molar-refractivity contribution in [3.05, 3.63) is 58.8 Å². The lowest BCUT2D eigenvalue weighted by atomic mass is 9.96. The molecule has 168 valence electrons. The number of carbonyl (C=O) groups excluding carboxylic acids is 3. The van der Waals surface area contributed by atoms with E-state index in [4.69, 9.17) is 9.15 Å². The maximum Gasteiger partial charge on any atom is 0.354 e. The van der Waals surface area contributed by atoms with E-state index in [0.29, 0.717) is 28.6 Å². The van der Waals surface area contributed by atoms with E-state index in [9.17, 15) is 14.4 Å². The van der Waals surface area contributed by atoms with Crippen molar-refractivity contribution < 1.29 is 23.5 Å². The Kier molecular flexibility index (Phi) is 4.45. The van der Waals surface area contributed by atoms with Gasteiger partial charge >= 0.3 is 5.97 Å². The van der Waals surface area contributed by atoms with Gasteiger partial charge in [0.1, 0.15) is 18.1 Å². The summed E-state index contributed by atoms with van der Waals surface area (Å²) < 4.78 is 11.5. The summed E-state index contributed by atoms with van der Waals surface area (Å²) in [6.07, 6.45) is 1.99. The van der Waals surface area contributed by atoms with Crippen LogP contribution in [-0.2, 0) is 20.9 Å². The Morgan fingerprint density at radius 2 is 2.06 bits per heavy atom. The molecule has 4 heterocycles. The van der Waals surface area contributed by atoms with Gasteiger partial charge in [0.2, 0.25) is 17.5 Å². The van der Waals surface area contributed by atoms with Crippen molar-refractivity contribution in [3.8, 4) is 10.8 Å². The monoisotopic (exact) mass is 463 g/mol. The molecule has 2 amide bonds. The molecule has 3 aromatic rings. The average molecular weight is 464 g/mol. The van der Waals surface area contributed by atoms with Gasteiger partial charge in [0.25, 0.3) is 5.91 Å². The van der Waals surface area contributed by atoms with Crippen LogP contribution in [-0.4, -0.2) is 39.4 Å². The highest BCUT2D eigenvalue weighted by Gasteiger charge is 2.64.